The van der Waals surface area contributed by atoms with E-state index in [1.807, 2.05) is 0 Å². The topological polar surface area (TPSA) is 11.4 Å². The van der Waals surface area contributed by atoms with Crippen molar-refractivity contribution < 1.29 is 0 Å². The zero-order chi connectivity index (χ0) is 76.0. The fourth-order valence-electron chi connectivity index (χ4n) is 19.6. The SMILES string of the molecule is c1ccc(-c2c3ccccc3c(-c3ccc(-n4c5ccc(-c6ccc(N(c7ccccc7)c7ccc8c(c7)C(c7ccccc7)(c7ccccc7)c7ccccc7-8)cc6)cc5c5cc(-c6ccc(N(c7ccccc7)c7ccc8c(c7)C(c7ccccc7)(c7ccccc7)c7ccccc7-8)cc6)ccc54)cc3)c3ccccc23)cc1. The molecule has 0 unspecified atom stereocenters. The summed E-state index contributed by atoms with van der Waals surface area (Å²) in [6, 6.07) is 169. The number of fused-ring (bicyclic) bond motifs is 11. The molecular formula is C112H75N3. The molecule has 0 N–H and O–H groups in total. The number of nitrogens with zero attached hydrogens (tertiary/aromatic N) is 3. The average Bonchev–Trinajstić information content (AvgIpc) is 1.61. The quantitative estimate of drug-likeness (QED) is 0.0948. The van der Waals surface area contributed by atoms with Crippen molar-refractivity contribution in [3.63, 3.8) is 0 Å². The monoisotopic (exact) mass is 1460 g/mol. The van der Waals surface area contributed by atoms with Crippen LogP contribution in [0.15, 0.2) is 455 Å². The second-order valence-corrected chi connectivity index (χ2v) is 30.5. The van der Waals surface area contributed by atoms with Crippen molar-refractivity contribution in [2.75, 3.05) is 9.80 Å². The molecule has 3 heteroatoms. The highest BCUT2D eigenvalue weighted by atomic mass is 15.1. The Labute approximate surface area is 670 Å². The average molecular weight is 1460 g/mol. The summed E-state index contributed by atoms with van der Waals surface area (Å²) in [5.41, 5.74) is 33.3. The van der Waals surface area contributed by atoms with Crippen LogP contribution < -0.4 is 9.80 Å². The fourth-order valence-corrected chi connectivity index (χ4v) is 19.6. The van der Waals surface area contributed by atoms with Gasteiger partial charge < -0.3 is 14.4 Å². The van der Waals surface area contributed by atoms with Crippen LogP contribution in [0.2, 0.25) is 0 Å². The molecule has 538 valence electrons. The van der Waals surface area contributed by atoms with Crippen LogP contribution in [0.4, 0.5) is 34.1 Å². The highest BCUT2D eigenvalue weighted by Crippen LogP contribution is 2.60. The van der Waals surface area contributed by atoms with Gasteiger partial charge in [-0.25, -0.2) is 0 Å². The minimum Gasteiger partial charge on any atom is -0.310 e. The first kappa shape index (κ1) is 67.0. The first-order chi connectivity index (χ1) is 57.1. The van der Waals surface area contributed by atoms with Crippen molar-refractivity contribution in [1.82, 2.24) is 4.57 Å². The molecule has 22 rings (SSSR count). The van der Waals surface area contributed by atoms with Gasteiger partial charge in [0.15, 0.2) is 0 Å². The van der Waals surface area contributed by atoms with Gasteiger partial charge in [-0.15, -0.1) is 0 Å². The molecule has 0 aliphatic heterocycles. The lowest BCUT2D eigenvalue weighted by atomic mass is 9.67. The maximum absolute atomic E-state index is 2.47. The second kappa shape index (κ2) is 27.5. The number of benzene rings is 19. The minimum absolute atomic E-state index is 0.543. The third-order valence-corrected chi connectivity index (χ3v) is 24.5. The van der Waals surface area contributed by atoms with Gasteiger partial charge in [0.2, 0.25) is 0 Å². The second-order valence-electron chi connectivity index (χ2n) is 30.5. The molecule has 115 heavy (non-hydrogen) atoms. The number of aromatic nitrogens is 1. The molecule has 1 heterocycles. The molecule has 19 aromatic carbocycles. The summed E-state index contributed by atoms with van der Waals surface area (Å²) in [5, 5.41) is 7.30. The number of hydrogen-bond donors (Lipinski definition) is 0. The number of hydrogen-bond acceptors (Lipinski definition) is 2. The maximum atomic E-state index is 2.47. The van der Waals surface area contributed by atoms with E-state index in [0.29, 0.717) is 0 Å². The summed E-state index contributed by atoms with van der Waals surface area (Å²) in [7, 11) is 0. The van der Waals surface area contributed by atoms with Gasteiger partial charge in [0.1, 0.15) is 0 Å². The number of para-hydroxylation sites is 2. The zero-order valence-electron chi connectivity index (χ0n) is 63.1. The number of anilines is 6. The molecule has 20 aromatic rings. The molecule has 3 nitrogen and oxygen atoms in total. The highest BCUT2D eigenvalue weighted by molar-refractivity contribution is 6.21. The van der Waals surface area contributed by atoms with Gasteiger partial charge >= 0.3 is 0 Å². The Morgan fingerprint density at radius 3 is 0.826 bits per heavy atom. The van der Waals surface area contributed by atoms with Gasteiger partial charge in [-0.05, 0) is 242 Å². The van der Waals surface area contributed by atoms with Crippen molar-refractivity contribution in [3.8, 4) is 72.4 Å². The van der Waals surface area contributed by atoms with Gasteiger partial charge in [-0.1, -0.05) is 346 Å². The van der Waals surface area contributed by atoms with E-state index in [4.69, 9.17) is 0 Å². The third kappa shape index (κ3) is 10.7. The van der Waals surface area contributed by atoms with Crippen molar-refractivity contribution in [3.05, 3.63) is 499 Å². The Kier molecular flexibility index (Phi) is 16.1. The lowest BCUT2D eigenvalue weighted by molar-refractivity contribution is 0.768. The van der Waals surface area contributed by atoms with E-state index in [9.17, 15) is 0 Å². The minimum atomic E-state index is -0.543. The Morgan fingerprint density at radius 2 is 0.452 bits per heavy atom. The van der Waals surface area contributed by atoms with Crippen LogP contribution in [0.1, 0.15) is 44.5 Å². The standard InChI is InChI=1S/C112H75N3/c1-8-30-78(31-9-1)109-97-46-22-24-48-99(97)110(100-49-25-23-47-98(100)109)79-56-64-90(65-57-79)115-107-70-58-80(76-52-60-88(61-53-76)113(86-40-18-6-19-41-86)91-66-68-95-93-44-26-28-50-103(93)111(105(95)74-91,82-32-10-2-11-33-82)83-34-12-3-13-35-83)72-101(107)102-73-81(59-71-108(102)115)77-54-62-89(63-55-77)114(87-42-20-7-21-43-87)92-67-69-96-94-45-27-29-51-104(94)112(106(96)75-92,84-36-14-4-15-37-84)85-38-16-5-17-39-85/h1-75H. The van der Waals surface area contributed by atoms with E-state index in [2.05, 4.69) is 469 Å². The molecule has 2 aliphatic carbocycles. The molecule has 0 amide bonds. The molecule has 0 saturated heterocycles. The molecule has 2 aliphatic rings. The molecule has 1 aromatic heterocycles. The molecule has 0 bridgehead atoms. The molecule has 0 spiro atoms. The zero-order valence-corrected chi connectivity index (χ0v) is 63.1. The molecule has 0 atom stereocenters. The Balaban J connectivity index is 0.670. The first-order valence-corrected chi connectivity index (χ1v) is 39.9. The van der Waals surface area contributed by atoms with Crippen molar-refractivity contribution in [1.29, 1.82) is 0 Å². The first-order valence-electron chi connectivity index (χ1n) is 39.9. The highest BCUT2D eigenvalue weighted by Gasteiger charge is 2.48. The molecule has 0 fully saturated rings. The van der Waals surface area contributed by atoms with E-state index in [1.54, 1.807) is 0 Å². The number of rotatable bonds is 15. The van der Waals surface area contributed by atoms with Gasteiger partial charge in [0.05, 0.1) is 21.9 Å². The van der Waals surface area contributed by atoms with Gasteiger partial charge in [-0.2, -0.15) is 0 Å². The summed E-state index contributed by atoms with van der Waals surface area (Å²) in [6.45, 7) is 0. The van der Waals surface area contributed by atoms with Crippen LogP contribution in [0, 0.1) is 0 Å². The largest absolute Gasteiger partial charge is 0.310 e. The van der Waals surface area contributed by atoms with Crippen LogP contribution in [-0.4, -0.2) is 4.57 Å². The Morgan fingerprint density at radius 1 is 0.174 bits per heavy atom. The Bertz CT molecular complexity index is 6620. The predicted molar refractivity (Wildman–Crippen MR) is 482 cm³/mol. The van der Waals surface area contributed by atoms with Crippen molar-refractivity contribution in [2.45, 2.75) is 10.8 Å². The van der Waals surface area contributed by atoms with Crippen molar-refractivity contribution in [2.24, 2.45) is 0 Å². The van der Waals surface area contributed by atoms with Crippen LogP contribution >= 0.6 is 0 Å². The Hall–Kier alpha value is -14.9. The summed E-state index contributed by atoms with van der Waals surface area (Å²) in [5.74, 6) is 0. The molecule has 0 saturated carbocycles. The van der Waals surface area contributed by atoms with E-state index >= 15 is 0 Å². The third-order valence-electron chi connectivity index (χ3n) is 24.5. The van der Waals surface area contributed by atoms with E-state index < -0.39 is 10.8 Å². The summed E-state index contributed by atoms with van der Waals surface area (Å²) >= 11 is 0. The van der Waals surface area contributed by atoms with E-state index in [1.165, 1.54) is 121 Å². The van der Waals surface area contributed by atoms with Gasteiger partial charge in [0, 0.05) is 50.6 Å². The summed E-state index contributed by atoms with van der Waals surface area (Å²) < 4.78 is 2.47. The lowest BCUT2D eigenvalue weighted by Crippen LogP contribution is -2.28. The maximum Gasteiger partial charge on any atom is 0.0714 e. The van der Waals surface area contributed by atoms with Crippen LogP contribution in [0.25, 0.3) is 116 Å². The smallest absolute Gasteiger partial charge is 0.0714 e. The van der Waals surface area contributed by atoms with E-state index in [0.717, 1.165) is 73.1 Å². The van der Waals surface area contributed by atoms with Gasteiger partial charge in [0.25, 0.3) is 0 Å². The van der Waals surface area contributed by atoms with Crippen LogP contribution in [-0.2, 0) is 10.8 Å². The van der Waals surface area contributed by atoms with E-state index in [-0.39, 0.29) is 0 Å². The normalized spacial score (nSPS) is 12.8. The van der Waals surface area contributed by atoms with Gasteiger partial charge in [-0.3, -0.25) is 0 Å². The molecular weight excluding hydrogens is 1390 g/mol. The van der Waals surface area contributed by atoms with Crippen LogP contribution in [0.5, 0.6) is 0 Å². The van der Waals surface area contributed by atoms with Crippen molar-refractivity contribution >= 4 is 77.5 Å². The molecule has 0 radical (unpaired) electrons. The fraction of sp³-hybridized carbons (Fsp3) is 0.0179. The lowest BCUT2D eigenvalue weighted by Gasteiger charge is -2.35. The van der Waals surface area contributed by atoms with Crippen LogP contribution in [0.3, 0.4) is 0 Å². The predicted octanol–water partition coefficient (Wildman–Crippen LogP) is 29.4. The summed E-state index contributed by atoms with van der Waals surface area (Å²) in [6.07, 6.45) is 0. The summed E-state index contributed by atoms with van der Waals surface area (Å²) in [4.78, 5) is 4.84.